The standard InChI is InChI=1S/C13H17NO3.C6H5F3N2.C2H6/c15-9-11-3-5-12(6-4-11)17-10-13(16)14-7-1-2-8-14;7-6(8,9)4-1-2-11-3-5(4)10;1-2/h3-6,15H,1-2,7-10H2;1-3H,10H2;1-2H3. The molecule has 0 radical (unpaired) electrons. The molecule has 1 aromatic heterocycles. The van der Waals surface area contributed by atoms with E-state index < -0.39 is 11.7 Å². The van der Waals surface area contributed by atoms with Crippen LogP contribution in [0.3, 0.4) is 0 Å². The van der Waals surface area contributed by atoms with Crippen molar-refractivity contribution in [3.63, 3.8) is 0 Å². The highest BCUT2D eigenvalue weighted by atomic mass is 19.4. The van der Waals surface area contributed by atoms with Crippen LogP contribution in [0.2, 0.25) is 0 Å². The van der Waals surface area contributed by atoms with Crippen molar-refractivity contribution in [3.8, 4) is 5.75 Å². The molecule has 0 atom stereocenters. The molecule has 166 valence electrons. The number of rotatable bonds is 4. The number of carbonyl (C=O) groups is 1. The Balaban J connectivity index is 0.000000300. The van der Waals surface area contributed by atoms with E-state index in [1.807, 2.05) is 18.7 Å². The molecule has 2 aromatic rings. The highest BCUT2D eigenvalue weighted by Crippen LogP contribution is 2.32. The van der Waals surface area contributed by atoms with Crippen LogP contribution in [0.5, 0.6) is 5.75 Å². The van der Waals surface area contributed by atoms with Gasteiger partial charge in [0, 0.05) is 19.3 Å². The largest absolute Gasteiger partial charge is 0.484 e. The molecule has 1 saturated heterocycles. The molecule has 2 heterocycles. The summed E-state index contributed by atoms with van der Waals surface area (Å²) in [6, 6.07) is 7.95. The second-order valence-electron chi connectivity index (χ2n) is 6.14. The Morgan fingerprint density at radius 2 is 1.77 bits per heavy atom. The number of aromatic nitrogens is 1. The van der Waals surface area contributed by atoms with Crippen LogP contribution in [0, 0.1) is 0 Å². The first-order chi connectivity index (χ1) is 14.3. The van der Waals surface area contributed by atoms with Gasteiger partial charge in [-0.3, -0.25) is 9.78 Å². The number of aliphatic hydroxyl groups excluding tert-OH is 1. The predicted molar refractivity (Wildman–Crippen MR) is 109 cm³/mol. The lowest BCUT2D eigenvalue weighted by atomic mass is 10.2. The Hall–Kier alpha value is -2.81. The number of hydrogen-bond donors (Lipinski definition) is 2. The van der Waals surface area contributed by atoms with E-state index in [0.29, 0.717) is 5.75 Å². The summed E-state index contributed by atoms with van der Waals surface area (Å²) in [6.07, 6.45) is -0.164. The molecule has 0 saturated carbocycles. The van der Waals surface area contributed by atoms with Gasteiger partial charge < -0.3 is 20.5 Å². The molecular weight excluding hydrogens is 399 g/mol. The predicted octanol–water partition coefficient (Wildman–Crippen LogP) is 3.89. The van der Waals surface area contributed by atoms with Crippen LogP contribution in [0.25, 0.3) is 0 Å². The smallest absolute Gasteiger partial charge is 0.418 e. The van der Waals surface area contributed by atoms with Crippen LogP contribution in [0.4, 0.5) is 18.9 Å². The van der Waals surface area contributed by atoms with Gasteiger partial charge in [-0.15, -0.1) is 0 Å². The van der Waals surface area contributed by atoms with Crippen LogP contribution >= 0.6 is 0 Å². The Morgan fingerprint density at radius 1 is 1.17 bits per heavy atom. The Labute approximate surface area is 174 Å². The first-order valence-corrected chi connectivity index (χ1v) is 9.68. The van der Waals surface area contributed by atoms with Crippen molar-refractivity contribution in [1.82, 2.24) is 9.88 Å². The number of nitrogens with two attached hydrogens (primary N) is 1. The summed E-state index contributed by atoms with van der Waals surface area (Å²) in [5.41, 5.74) is 4.67. The zero-order valence-electron chi connectivity index (χ0n) is 17.2. The van der Waals surface area contributed by atoms with E-state index in [-0.39, 0.29) is 24.8 Å². The number of anilines is 1. The molecule has 3 rings (SSSR count). The highest BCUT2D eigenvalue weighted by molar-refractivity contribution is 5.78. The van der Waals surface area contributed by atoms with E-state index in [0.717, 1.165) is 50.0 Å². The van der Waals surface area contributed by atoms with Gasteiger partial charge in [-0.1, -0.05) is 26.0 Å². The molecule has 3 N–H and O–H groups in total. The Bertz CT molecular complexity index is 762. The minimum Gasteiger partial charge on any atom is -0.484 e. The number of nitrogens with zero attached hydrogens (tertiary/aromatic N) is 2. The molecule has 1 amide bonds. The van der Waals surface area contributed by atoms with Gasteiger partial charge in [0.25, 0.3) is 5.91 Å². The highest BCUT2D eigenvalue weighted by Gasteiger charge is 2.32. The van der Waals surface area contributed by atoms with E-state index >= 15 is 0 Å². The second-order valence-corrected chi connectivity index (χ2v) is 6.14. The number of nitrogen functional groups attached to an aromatic ring is 1. The molecule has 1 aliphatic heterocycles. The van der Waals surface area contributed by atoms with Crippen LogP contribution in [0.1, 0.15) is 37.8 Å². The zero-order valence-corrected chi connectivity index (χ0v) is 17.2. The van der Waals surface area contributed by atoms with Gasteiger partial charge in [0.1, 0.15) is 5.75 Å². The van der Waals surface area contributed by atoms with Crippen LogP contribution < -0.4 is 10.5 Å². The van der Waals surface area contributed by atoms with Crippen LogP contribution in [0.15, 0.2) is 42.7 Å². The number of halogens is 3. The molecule has 0 unspecified atom stereocenters. The lowest BCUT2D eigenvalue weighted by Gasteiger charge is -2.15. The molecule has 30 heavy (non-hydrogen) atoms. The third-order valence-corrected chi connectivity index (χ3v) is 4.08. The van der Waals surface area contributed by atoms with Crippen LogP contribution in [-0.4, -0.2) is 40.6 Å². The van der Waals surface area contributed by atoms with Crippen molar-refractivity contribution in [2.24, 2.45) is 0 Å². The number of hydrogen-bond acceptors (Lipinski definition) is 5. The normalized spacial score (nSPS) is 12.9. The fourth-order valence-electron chi connectivity index (χ4n) is 2.56. The van der Waals surface area contributed by atoms with Gasteiger partial charge in [-0.2, -0.15) is 13.2 Å². The monoisotopic (exact) mass is 427 g/mol. The SMILES string of the molecule is CC.Nc1cnccc1C(F)(F)F.O=C(COc1ccc(CO)cc1)N1CCCC1. The van der Waals surface area contributed by atoms with Crippen molar-refractivity contribution in [1.29, 1.82) is 0 Å². The molecular formula is C21H28F3N3O3. The number of likely N-dealkylation sites (tertiary alicyclic amines) is 1. The summed E-state index contributed by atoms with van der Waals surface area (Å²) >= 11 is 0. The van der Waals surface area contributed by atoms with E-state index in [1.165, 1.54) is 0 Å². The van der Waals surface area contributed by atoms with Gasteiger partial charge in [0.05, 0.1) is 24.1 Å². The number of aliphatic hydroxyl groups is 1. The first-order valence-electron chi connectivity index (χ1n) is 9.68. The molecule has 0 aliphatic carbocycles. The number of alkyl halides is 3. The van der Waals surface area contributed by atoms with Crippen molar-refractivity contribution in [2.75, 3.05) is 25.4 Å². The number of benzene rings is 1. The van der Waals surface area contributed by atoms with Crippen molar-refractivity contribution < 1.29 is 27.8 Å². The van der Waals surface area contributed by atoms with E-state index in [2.05, 4.69) is 4.98 Å². The summed E-state index contributed by atoms with van der Waals surface area (Å²) in [7, 11) is 0. The topological polar surface area (TPSA) is 88.7 Å². The van der Waals surface area contributed by atoms with Crippen molar-refractivity contribution in [2.45, 2.75) is 39.5 Å². The summed E-state index contributed by atoms with van der Waals surface area (Å²) < 4.78 is 41.2. The number of amides is 1. The molecule has 9 heteroatoms. The van der Waals surface area contributed by atoms with Gasteiger partial charge in [0.2, 0.25) is 0 Å². The third-order valence-electron chi connectivity index (χ3n) is 4.08. The van der Waals surface area contributed by atoms with Crippen molar-refractivity contribution >= 4 is 11.6 Å². The molecule has 1 fully saturated rings. The van der Waals surface area contributed by atoms with E-state index in [1.54, 1.807) is 24.3 Å². The fourth-order valence-corrected chi connectivity index (χ4v) is 2.56. The summed E-state index contributed by atoms with van der Waals surface area (Å²) in [5.74, 6) is 0.712. The van der Waals surface area contributed by atoms with Crippen LogP contribution in [-0.2, 0) is 17.6 Å². The summed E-state index contributed by atoms with van der Waals surface area (Å²) in [6.45, 7) is 5.82. The Morgan fingerprint density at radius 3 is 2.23 bits per heavy atom. The third kappa shape index (κ3) is 8.28. The number of ether oxygens (including phenoxy) is 1. The maximum atomic E-state index is 11.9. The lowest BCUT2D eigenvalue weighted by Crippen LogP contribution is -2.32. The molecule has 0 spiro atoms. The quantitative estimate of drug-likeness (QED) is 0.773. The van der Waals surface area contributed by atoms with Gasteiger partial charge in [-0.05, 0) is 36.6 Å². The number of carbonyl (C=O) groups excluding carboxylic acids is 1. The summed E-state index contributed by atoms with van der Waals surface area (Å²) in [4.78, 5) is 17.0. The maximum absolute atomic E-state index is 11.9. The van der Waals surface area contributed by atoms with Gasteiger partial charge in [0.15, 0.2) is 6.61 Å². The average molecular weight is 427 g/mol. The van der Waals surface area contributed by atoms with Gasteiger partial charge in [-0.25, -0.2) is 0 Å². The lowest BCUT2D eigenvalue weighted by molar-refractivity contribution is -0.137. The van der Waals surface area contributed by atoms with E-state index in [4.69, 9.17) is 15.6 Å². The average Bonchev–Trinajstić information content (AvgIpc) is 3.29. The van der Waals surface area contributed by atoms with Crippen molar-refractivity contribution in [3.05, 3.63) is 53.9 Å². The number of pyridine rings is 1. The molecule has 1 aliphatic rings. The minimum absolute atomic E-state index is 0.0208. The summed E-state index contributed by atoms with van der Waals surface area (Å²) in [5, 5.41) is 8.89. The second kappa shape index (κ2) is 12.7. The molecule has 1 aromatic carbocycles. The fraction of sp³-hybridized carbons (Fsp3) is 0.429. The Kier molecular flexibility index (Phi) is 10.7. The molecule has 0 bridgehead atoms. The first kappa shape index (κ1) is 25.2. The van der Waals surface area contributed by atoms with E-state index in [9.17, 15) is 18.0 Å². The zero-order chi connectivity index (χ0) is 22.6. The minimum atomic E-state index is -4.38. The molecule has 6 nitrogen and oxygen atoms in total. The maximum Gasteiger partial charge on any atom is 0.418 e. The van der Waals surface area contributed by atoms with Gasteiger partial charge >= 0.3 is 6.18 Å².